The van der Waals surface area contributed by atoms with E-state index < -0.39 is 5.97 Å². The molecule has 16 heavy (non-hydrogen) atoms. The van der Waals surface area contributed by atoms with Crippen LogP contribution in [0.2, 0.25) is 5.02 Å². The van der Waals surface area contributed by atoms with Gasteiger partial charge in [-0.25, -0.2) is 9.78 Å². The number of hydrogen-bond acceptors (Lipinski definition) is 3. The molecule has 0 amide bonds. The third-order valence-electron chi connectivity index (χ3n) is 2.41. The summed E-state index contributed by atoms with van der Waals surface area (Å²) in [7, 11) is 0. The highest BCUT2D eigenvalue weighted by molar-refractivity contribution is 7.18. The monoisotopic (exact) mass is 255 g/mol. The fourth-order valence-corrected chi connectivity index (χ4v) is 3.04. The van der Waals surface area contributed by atoms with Gasteiger partial charge >= 0.3 is 5.97 Å². The van der Waals surface area contributed by atoms with Gasteiger partial charge in [0.2, 0.25) is 0 Å². The van der Waals surface area contributed by atoms with Gasteiger partial charge in [0.1, 0.15) is 4.83 Å². The van der Waals surface area contributed by atoms with Crippen molar-refractivity contribution in [1.29, 1.82) is 0 Å². The molecule has 2 aromatic rings. The van der Waals surface area contributed by atoms with Crippen molar-refractivity contribution in [3.05, 3.63) is 27.2 Å². The van der Waals surface area contributed by atoms with Gasteiger partial charge in [-0.1, -0.05) is 18.5 Å². The van der Waals surface area contributed by atoms with E-state index in [2.05, 4.69) is 4.98 Å². The van der Waals surface area contributed by atoms with Crippen molar-refractivity contribution in [3.8, 4) is 0 Å². The number of aromatic carboxylic acids is 1. The molecule has 2 rings (SSSR count). The Balaban J connectivity index is 2.81. The lowest BCUT2D eigenvalue weighted by atomic mass is 10.1. The molecule has 84 valence electrons. The Bertz CT molecular complexity index is 577. The van der Waals surface area contributed by atoms with E-state index in [0.29, 0.717) is 10.7 Å². The fraction of sp³-hybridized carbons (Fsp3) is 0.273. The van der Waals surface area contributed by atoms with Gasteiger partial charge in [-0.05, 0) is 19.4 Å². The number of hydrogen-bond donors (Lipinski definition) is 1. The van der Waals surface area contributed by atoms with Gasteiger partial charge < -0.3 is 5.11 Å². The molecular weight excluding hydrogens is 246 g/mol. The van der Waals surface area contributed by atoms with Gasteiger partial charge in [0.25, 0.3) is 0 Å². The van der Waals surface area contributed by atoms with Crippen molar-refractivity contribution >= 4 is 39.1 Å². The number of carboxylic acid groups (broad SMARTS) is 1. The first-order valence-corrected chi connectivity index (χ1v) is 6.05. The average Bonchev–Trinajstić information content (AvgIpc) is 2.60. The Hall–Kier alpha value is -1.13. The van der Waals surface area contributed by atoms with E-state index in [1.54, 1.807) is 18.3 Å². The van der Waals surface area contributed by atoms with E-state index >= 15 is 0 Å². The van der Waals surface area contributed by atoms with Crippen LogP contribution in [0.15, 0.2) is 6.07 Å². The summed E-state index contributed by atoms with van der Waals surface area (Å²) in [6, 6.07) is 1.92. The second-order valence-corrected chi connectivity index (χ2v) is 4.97. The fourth-order valence-electron chi connectivity index (χ4n) is 1.60. The van der Waals surface area contributed by atoms with Crippen molar-refractivity contribution < 1.29 is 9.90 Å². The van der Waals surface area contributed by atoms with Crippen LogP contribution in [0.3, 0.4) is 0 Å². The molecule has 0 aliphatic carbocycles. The number of carboxylic acids is 1. The van der Waals surface area contributed by atoms with Crippen LogP contribution in [-0.2, 0) is 6.42 Å². The van der Waals surface area contributed by atoms with Crippen LogP contribution in [0.5, 0.6) is 0 Å². The van der Waals surface area contributed by atoms with Crippen LogP contribution in [0.1, 0.15) is 27.9 Å². The third-order valence-corrected chi connectivity index (χ3v) is 3.98. The molecule has 0 aliphatic heterocycles. The number of carbonyl (C=O) groups is 1. The summed E-state index contributed by atoms with van der Waals surface area (Å²) in [4.78, 5) is 17.3. The number of thiophene rings is 1. The minimum Gasteiger partial charge on any atom is -0.478 e. The summed E-state index contributed by atoms with van der Waals surface area (Å²) >= 11 is 7.66. The van der Waals surface area contributed by atoms with Crippen molar-refractivity contribution in [2.75, 3.05) is 0 Å². The first kappa shape index (κ1) is 11.4. The van der Waals surface area contributed by atoms with E-state index in [0.717, 1.165) is 21.5 Å². The Morgan fingerprint density at radius 3 is 2.88 bits per heavy atom. The van der Waals surface area contributed by atoms with Crippen LogP contribution in [-0.4, -0.2) is 16.1 Å². The molecule has 5 heteroatoms. The molecule has 2 aromatic heterocycles. The summed E-state index contributed by atoms with van der Waals surface area (Å²) in [6.45, 7) is 3.71. The zero-order valence-electron chi connectivity index (χ0n) is 8.87. The van der Waals surface area contributed by atoms with Crippen LogP contribution in [0.25, 0.3) is 10.2 Å². The maximum Gasteiger partial charge on any atom is 0.339 e. The lowest BCUT2D eigenvalue weighted by Crippen LogP contribution is -2.02. The lowest BCUT2D eigenvalue weighted by Gasteiger charge is -2.03. The average molecular weight is 256 g/mol. The maximum atomic E-state index is 11.0. The first-order chi connectivity index (χ1) is 7.54. The standard InChI is InChI=1S/C11H10ClNO2S/c1-3-6-4-7-9(12)8(11(14)15)5(2)13-10(7)16-6/h4H,3H2,1-2H3,(H,14,15). The molecule has 2 heterocycles. The van der Waals surface area contributed by atoms with E-state index in [4.69, 9.17) is 16.7 Å². The molecule has 0 atom stereocenters. The van der Waals surface area contributed by atoms with Crippen molar-refractivity contribution in [2.24, 2.45) is 0 Å². The summed E-state index contributed by atoms with van der Waals surface area (Å²) in [5, 5.41) is 10.1. The maximum absolute atomic E-state index is 11.0. The van der Waals surface area contributed by atoms with E-state index in [9.17, 15) is 4.79 Å². The molecule has 0 bridgehead atoms. The largest absolute Gasteiger partial charge is 0.478 e. The molecule has 0 saturated heterocycles. The Labute approximate surface area is 102 Å². The third kappa shape index (κ3) is 1.68. The SMILES string of the molecule is CCc1cc2c(Cl)c(C(=O)O)c(C)nc2s1. The molecule has 0 aliphatic rings. The quantitative estimate of drug-likeness (QED) is 0.893. The Morgan fingerprint density at radius 2 is 2.31 bits per heavy atom. The topological polar surface area (TPSA) is 50.2 Å². The molecule has 3 nitrogen and oxygen atoms in total. The van der Waals surface area contributed by atoms with E-state index in [1.165, 1.54) is 0 Å². The zero-order chi connectivity index (χ0) is 11.9. The summed E-state index contributed by atoms with van der Waals surface area (Å²) < 4.78 is 0. The van der Waals surface area contributed by atoms with Gasteiger partial charge in [0, 0.05) is 10.3 Å². The van der Waals surface area contributed by atoms with Crippen LogP contribution < -0.4 is 0 Å². The molecular formula is C11H10ClNO2S. The summed E-state index contributed by atoms with van der Waals surface area (Å²) in [6.07, 6.45) is 0.902. The summed E-state index contributed by atoms with van der Waals surface area (Å²) in [5.41, 5.74) is 0.573. The lowest BCUT2D eigenvalue weighted by molar-refractivity contribution is 0.0696. The number of rotatable bonds is 2. The van der Waals surface area contributed by atoms with Gasteiger partial charge in [-0.2, -0.15) is 0 Å². The highest BCUT2D eigenvalue weighted by Crippen LogP contribution is 2.33. The minimum atomic E-state index is -1.03. The summed E-state index contributed by atoms with van der Waals surface area (Å²) in [5.74, 6) is -1.03. The van der Waals surface area contributed by atoms with Gasteiger partial charge in [-0.15, -0.1) is 11.3 Å². The molecule has 0 aromatic carbocycles. The number of halogens is 1. The number of fused-ring (bicyclic) bond motifs is 1. The van der Waals surface area contributed by atoms with Crippen LogP contribution >= 0.6 is 22.9 Å². The Kier molecular flexibility index (Phi) is 2.86. The molecule has 0 unspecified atom stereocenters. The second-order valence-electron chi connectivity index (χ2n) is 3.48. The van der Waals surface area contributed by atoms with E-state index in [1.807, 2.05) is 13.0 Å². The predicted molar refractivity (Wildman–Crippen MR) is 65.7 cm³/mol. The molecule has 0 radical (unpaired) electrons. The predicted octanol–water partition coefficient (Wildman–Crippen LogP) is 3.52. The van der Waals surface area contributed by atoms with Crippen LogP contribution in [0.4, 0.5) is 0 Å². The van der Waals surface area contributed by atoms with Crippen molar-refractivity contribution in [3.63, 3.8) is 0 Å². The molecule has 0 saturated carbocycles. The minimum absolute atomic E-state index is 0.106. The van der Waals surface area contributed by atoms with Crippen molar-refractivity contribution in [1.82, 2.24) is 4.98 Å². The van der Waals surface area contributed by atoms with E-state index in [-0.39, 0.29) is 5.56 Å². The smallest absolute Gasteiger partial charge is 0.339 e. The molecule has 0 spiro atoms. The Morgan fingerprint density at radius 1 is 1.62 bits per heavy atom. The van der Waals surface area contributed by atoms with Crippen LogP contribution in [0, 0.1) is 6.92 Å². The molecule has 0 fully saturated rings. The zero-order valence-corrected chi connectivity index (χ0v) is 10.4. The normalized spacial score (nSPS) is 10.9. The van der Waals surface area contributed by atoms with Crippen molar-refractivity contribution in [2.45, 2.75) is 20.3 Å². The van der Waals surface area contributed by atoms with Gasteiger partial charge in [0.15, 0.2) is 0 Å². The number of nitrogens with zero attached hydrogens (tertiary/aromatic N) is 1. The highest BCUT2D eigenvalue weighted by atomic mass is 35.5. The van der Waals surface area contributed by atoms with Gasteiger partial charge in [-0.3, -0.25) is 0 Å². The highest BCUT2D eigenvalue weighted by Gasteiger charge is 2.18. The number of pyridine rings is 1. The first-order valence-electron chi connectivity index (χ1n) is 4.86. The molecule has 1 N–H and O–H groups in total. The number of aryl methyl sites for hydroxylation is 2. The number of aromatic nitrogens is 1. The second kappa shape index (κ2) is 4.03. The van der Waals surface area contributed by atoms with Gasteiger partial charge in [0.05, 0.1) is 16.3 Å².